The summed E-state index contributed by atoms with van der Waals surface area (Å²) >= 11 is 6.11. The average Bonchev–Trinajstić information content (AvgIpc) is 3.04. The van der Waals surface area contributed by atoms with Crippen molar-refractivity contribution >= 4 is 17.2 Å². The van der Waals surface area contributed by atoms with Crippen LogP contribution >= 0.6 is 11.6 Å². The quantitative estimate of drug-likeness (QED) is 0.693. The topological polar surface area (TPSA) is 35.1 Å². The van der Waals surface area contributed by atoms with Crippen LogP contribution in [0.4, 0.5) is 0 Å². The lowest BCUT2D eigenvalue weighted by Crippen LogP contribution is -2.14. The molecule has 0 aromatic carbocycles. The molecule has 1 aliphatic carbocycles. The number of hydrogen-bond donors (Lipinski definition) is 0. The predicted octanol–water partition coefficient (Wildman–Crippen LogP) is 4.45. The number of halogens is 1. The molecule has 4 nitrogen and oxygen atoms in total. The molecule has 120 valence electrons. The van der Waals surface area contributed by atoms with Crippen LogP contribution < -0.4 is 0 Å². The molecule has 0 radical (unpaired) electrons. The minimum atomic E-state index is 0.510. The Kier molecular flexibility index (Phi) is 3.85. The zero-order chi connectivity index (χ0) is 15.8. The van der Waals surface area contributed by atoms with Gasteiger partial charge in [0.2, 0.25) is 0 Å². The summed E-state index contributed by atoms with van der Waals surface area (Å²) in [6, 6.07) is 5.97. The molecular formula is C18H21ClN4. The summed E-state index contributed by atoms with van der Waals surface area (Å²) in [5.41, 5.74) is 4.66. The first-order chi connectivity index (χ1) is 11.2. The molecule has 0 bridgehead atoms. The van der Waals surface area contributed by atoms with E-state index in [0.717, 1.165) is 18.6 Å². The average molecular weight is 329 g/mol. The fourth-order valence-electron chi connectivity index (χ4n) is 3.33. The Balaban J connectivity index is 1.74. The highest BCUT2D eigenvalue weighted by Gasteiger charge is 2.27. The minimum absolute atomic E-state index is 0.510. The van der Waals surface area contributed by atoms with E-state index in [1.165, 1.54) is 42.6 Å². The Hall–Kier alpha value is -1.81. The van der Waals surface area contributed by atoms with E-state index in [-0.39, 0.29) is 0 Å². The fraction of sp³-hybridized carbons (Fsp3) is 0.444. The first kappa shape index (κ1) is 14.8. The standard InChI is InChI=1S/C18H21ClN4/c1-2-4-13-9-10-22(11-13)12-15-18(14-5-3-6-14)20-17-8-7-16(19)21-23(15)17/h7-11,14H,2-6,12H2,1H3. The van der Waals surface area contributed by atoms with Gasteiger partial charge in [-0.2, -0.15) is 5.10 Å². The highest BCUT2D eigenvalue weighted by molar-refractivity contribution is 6.29. The van der Waals surface area contributed by atoms with E-state index in [4.69, 9.17) is 16.6 Å². The molecule has 0 amide bonds. The van der Waals surface area contributed by atoms with Crippen LogP contribution in [-0.2, 0) is 13.0 Å². The Morgan fingerprint density at radius 2 is 2.13 bits per heavy atom. The molecule has 0 saturated heterocycles. The number of nitrogens with zero attached hydrogens (tertiary/aromatic N) is 4. The second-order valence-corrected chi connectivity index (χ2v) is 6.83. The molecule has 0 N–H and O–H groups in total. The van der Waals surface area contributed by atoms with E-state index < -0.39 is 0 Å². The molecule has 1 saturated carbocycles. The van der Waals surface area contributed by atoms with Gasteiger partial charge in [0.25, 0.3) is 0 Å². The van der Waals surface area contributed by atoms with Crippen LogP contribution in [0.2, 0.25) is 5.15 Å². The van der Waals surface area contributed by atoms with Gasteiger partial charge in [0, 0.05) is 18.3 Å². The normalized spacial score (nSPS) is 15.2. The molecule has 3 heterocycles. The van der Waals surface area contributed by atoms with Crippen molar-refractivity contribution in [3.05, 3.63) is 52.7 Å². The molecule has 3 aromatic heterocycles. The van der Waals surface area contributed by atoms with Crippen molar-refractivity contribution in [2.75, 3.05) is 0 Å². The summed E-state index contributed by atoms with van der Waals surface area (Å²) in [4.78, 5) is 4.84. The Morgan fingerprint density at radius 1 is 1.26 bits per heavy atom. The van der Waals surface area contributed by atoms with Gasteiger partial charge >= 0.3 is 0 Å². The maximum atomic E-state index is 6.11. The number of rotatable bonds is 5. The largest absolute Gasteiger partial charge is 0.348 e. The molecule has 0 aliphatic heterocycles. The highest BCUT2D eigenvalue weighted by atomic mass is 35.5. The molecule has 5 heteroatoms. The molecule has 0 unspecified atom stereocenters. The van der Waals surface area contributed by atoms with Crippen molar-refractivity contribution < 1.29 is 0 Å². The van der Waals surface area contributed by atoms with Gasteiger partial charge in [0.1, 0.15) is 5.15 Å². The van der Waals surface area contributed by atoms with Crippen LogP contribution in [0, 0.1) is 0 Å². The summed E-state index contributed by atoms with van der Waals surface area (Å²) in [5, 5.41) is 4.99. The second-order valence-electron chi connectivity index (χ2n) is 6.44. The zero-order valence-electron chi connectivity index (χ0n) is 13.4. The Labute approximate surface area is 141 Å². The Morgan fingerprint density at radius 3 is 2.87 bits per heavy atom. The summed E-state index contributed by atoms with van der Waals surface area (Å²) in [5.74, 6) is 0.580. The van der Waals surface area contributed by atoms with Crippen LogP contribution in [0.25, 0.3) is 5.65 Å². The predicted molar refractivity (Wildman–Crippen MR) is 92.1 cm³/mol. The van der Waals surface area contributed by atoms with Crippen LogP contribution in [0.15, 0.2) is 30.6 Å². The van der Waals surface area contributed by atoms with Crippen molar-refractivity contribution in [2.24, 2.45) is 0 Å². The summed E-state index contributed by atoms with van der Waals surface area (Å²) in [6.07, 6.45) is 10.5. The van der Waals surface area contributed by atoms with Crippen molar-refractivity contribution in [1.82, 2.24) is 19.2 Å². The molecule has 0 spiro atoms. The molecule has 23 heavy (non-hydrogen) atoms. The van der Waals surface area contributed by atoms with Gasteiger partial charge in [-0.15, -0.1) is 0 Å². The maximum Gasteiger partial charge on any atom is 0.154 e. The number of fused-ring (bicyclic) bond motifs is 1. The van der Waals surface area contributed by atoms with Gasteiger partial charge in [0.15, 0.2) is 5.65 Å². The van der Waals surface area contributed by atoms with E-state index in [0.29, 0.717) is 11.1 Å². The maximum absolute atomic E-state index is 6.11. The lowest BCUT2D eigenvalue weighted by atomic mass is 9.82. The van der Waals surface area contributed by atoms with E-state index in [1.54, 1.807) is 0 Å². The van der Waals surface area contributed by atoms with Crippen molar-refractivity contribution in [2.45, 2.75) is 51.5 Å². The van der Waals surface area contributed by atoms with Crippen LogP contribution in [0.1, 0.15) is 55.5 Å². The third-order valence-corrected chi connectivity index (χ3v) is 4.95. The summed E-state index contributed by atoms with van der Waals surface area (Å²) < 4.78 is 4.16. The van der Waals surface area contributed by atoms with Crippen molar-refractivity contribution in [1.29, 1.82) is 0 Å². The summed E-state index contributed by atoms with van der Waals surface area (Å²) in [6.45, 7) is 3.01. The van der Waals surface area contributed by atoms with E-state index in [2.05, 4.69) is 35.0 Å². The van der Waals surface area contributed by atoms with Crippen molar-refractivity contribution in [3.8, 4) is 0 Å². The molecule has 3 aromatic rings. The number of imidazole rings is 1. The van der Waals surface area contributed by atoms with Crippen LogP contribution in [0.3, 0.4) is 0 Å². The molecule has 1 aliphatic rings. The SMILES string of the molecule is CCCc1ccn(Cc2c(C3CCC3)nc3ccc(Cl)nn23)c1. The van der Waals surface area contributed by atoms with Gasteiger partial charge in [-0.05, 0) is 43.0 Å². The molecule has 0 atom stereocenters. The van der Waals surface area contributed by atoms with Gasteiger partial charge < -0.3 is 4.57 Å². The smallest absolute Gasteiger partial charge is 0.154 e. The Bertz CT molecular complexity index is 829. The van der Waals surface area contributed by atoms with Gasteiger partial charge in [-0.1, -0.05) is 31.4 Å². The third kappa shape index (κ3) is 2.76. The first-order valence-electron chi connectivity index (χ1n) is 8.43. The number of aromatic nitrogens is 4. The minimum Gasteiger partial charge on any atom is -0.348 e. The van der Waals surface area contributed by atoms with Gasteiger partial charge in [-0.3, -0.25) is 0 Å². The van der Waals surface area contributed by atoms with E-state index in [9.17, 15) is 0 Å². The lowest BCUT2D eigenvalue weighted by Gasteiger charge is -2.24. The molecular weight excluding hydrogens is 308 g/mol. The zero-order valence-corrected chi connectivity index (χ0v) is 14.1. The van der Waals surface area contributed by atoms with Crippen LogP contribution in [-0.4, -0.2) is 19.2 Å². The monoisotopic (exact) mass is 328 g/mol. The molecule has 1 fully saturated rings. The first-order valence-corrected chi connectivity index (χ1v) is 8.81. The second kappa shape index (κ2) is 6.00. The van der Waals surface area contributed by atoms with Gasteiger partial charge in [0.05, 0.1) is 17.9 Å². The van der Waals surface area contributed by atoms with Crippen LogP contribution in [0.5, 0.6) is 0 Å². The number of hydrogen-bond acceptors (Lipinski definition) is 2. The van der Waals surface area contributed by atoms with Gasteiger partial charge in [-0.25, -0.2) is 9.50 Å². The van der Waals surface area contributed by atoms with E-state index in [1.807, 2.05) is 16.6 Å². The molecule has 4 rings (SSSR count). The lowest BCUT2D eigenvalue weighted by molar-refractivity contribution is 0.408. The van der Waals surface area contributed by atoms with E-state index >= 15 is 0 Å². The fourth-order valence-corrected chi connectivity index (χ4v) is 3.47. The highest BCUT2D eigenvalue weighted by Crippen LogP contribution is 2.38. The number of aryl methyl sites for hydroxylation is 1. The van der Waals surface area contributed by atoms with Crippen molar-refractivity contribution in [3.63, 3.8) is 0 Å². The third-order valence-electron chi connectivity index (χ3n) is 4.74. The summed E-state index contributed by atoms with van der Waals surface area (Å²) in [7, 11) is 0.